The fourth-order valence-corrected chi connectivity index (χ4v) is 2.64. The zero-order valence-corrected chi connectivity index (χ0v) is 13.8. The molecule has 0 spiro atoms. The number of hydrogen-bond donors (Lipinski definition) is 1. The summed E-state index contributed by atoms with van der Waals surface area (Å²) in [5, 5.41) is 3.60. The van der Waals surface area contributed by atoms with Crippen molar-refractivity contribution in [3.8, 4) is 5.75 Å². The van der Waals surface area contributed by atoms with Gasteiger partial charge in [0.05, 0.1) is 13.5 Å². The summed E-state index contributed by atoms with van der Waals surface area (Å²) in [5.41, 5.74) is 3.87. The van der Waals surface area contributed by atoms with Crippen molar-refractivity contribution < 1.29 is 9.53 Å². The van der Waals surface area contributed by atoms with E-state index in [9.17, 15) is 4.79 Å². The summed E-state index contributed by atoms with van der Waals surface area (Å²) in [6, 6.07) is 11.3. The fraction of sp³-hybridized carbons (Fsp3) is 0.278. The van der Waals surface area contributed by atoms with Crippen LogP contribution in [0.1, 0.15) is 23.6 Å². The Labute approximate surface area is 136 Å². The van der Waals surface area contributed by atoms with Crippen molar-refractivity contribution >= 4 is 23.2 Å². The molecule has 0 aliphatic carbocycles. The number of methoxy groups -OCH3 is 1. The molecule has 1 amide bonds. The highest BCUT2D eigenvalue weighted by molar-refractivity contribution is 6.30. The number of ether oxygens (including phenoxy) is 1. The average Bonchev–Trinajstić information content (AvgIpc) is 2.49. The molecule has 4 heteroatoms. The van der Waals surface area contributed by atoms with E-state index in [1.54, 1.807) is 25.3 Å². The average molecular weight is 318 g/mol. The molecule has 0 atom stereocenters. The van der Waals surface area contributed by atoms with E-state index >= 15 is 0 Å². The van der Waals surface area contributed by atoms with Crippen LogP contribution in [0.5, 0.6) is 5.75 Å². The molecule has 2 aromatic carbocycles. The Balaban J connectivity index is 2.19. The largest absolute Gasteiger partial charge is 0.496 e. The molecule has 1 N–H and O–H groups in total. The predicted octanol–water partition coefficient (Wildman–Crippen LogP) is 4.40. The number of carbonyl (C=O) groups excluding carboxylic acids is 1. The Kier molecular flexibility index (Phi) is 5.45. The van der Waals surface area contributed by atoms with Crippen LogP contribution in [-0.2, 0) is 17.6 Å². The summed E-state index contributed by atoms with van der Waals surface area (Å²) in [6.07, 6.45) is 1.10. The highest BCUT2D eigenvalue weighted by Crippen LogP contribution is 2.25. The van der Waals surface area contributed by atoms with Gasteiger partial charge in [-0.15, -0.1) is 0 Å². The van der Waals surface area contributed by atoms with E-state index in [-0.39, 0.29) is 12.3 Å². The SMILES string of the molecule is CCc1cccc(C)c1NC(=O)Cc1cc(Cl)ccc1OC. The standard InChI is InChI=1S/C18H20ClNO2/c1-4-13-7-5-6-12(2)18(13)20-17(21)11-14-10-15(19)8-9-16(14)22-3/h5-10H,4,11H2,1-3H3,(H,20,21). The highest BCUT2D eigenvalue weighted by atomic mass is 35.5. The predicted molar refractivity (Wildman–Crippen MR) is 90.9 cm³/mol. The third-order valence-electron chi connectivity index (χ3n) is 3.60. The molecular weight excluding hydrogens is 298 g/mol. The summed E-state index contributed by atoms with van der Waals surface area (Å²) < 4.78 is 5.28. The summed E-state index contributed by atoms with van der Waals surface area (Å²) >= 11 is 6.00. The van der Waals surface area contributed by atoms with Crippen molar-refractivity contribution in [2.45, 2.75) is 26.7 Å². The van der Waals surface area contributed by atoms with Gasteiger partial charge in [-0.1, -0.05) is 36.7 Å². The summed E-state index contributed by atoms with van der Waals surface area (Å²) in [6.45, 7) is 4.07. The van der Waals surface area contributed by atoms with E-state index in [0.29, 0.717) is 10.8 Å². The van der Waals surface area contributed by atoms with Gasteiger partial charge in [0, 0.05) is 16.3 Å². The second-order valence-corrected chi connectivity index (χ2v) is 5.58. The van der Waals surface area contributed by atoms with Crippen molar-refractivity contribution in [3.63, 3.8) is 0 Å². The number of para-hydroxylation sites is 1. The van der Waals surface area contributed by atoms with Gasteiger partial charge in [0.2, 0.25) is 5.91 Å². The van der Waals surface area contributed by atoms with Crippen LogP contribution in [0.2, 0.25) is 5.02 Å². The second-order valence-electron chi connectivity index (χ2n) is 5.14. The molecule has 0 aliphatic rings. The van der Waals surface area contributed by atoms with Crippen LogP contribution in [0.25, 0.3) is 0 Å². The number of halogens is 1. The van der Waals surface area contributed by atoms with Gasteiger partial charge in [0.1, 0.15) is 5.75 Å². The maximum Gasteiger partial charge on any atom is 0.228 e. The molecule has 0 saturated carbocycles. The zero-order chi connectivity index (χ0) is 16.1. The van der Waals surface area contributed by atoms with Crippen LogP contribution < -0.4 is 10.1 Å². The van der Waals surface area contributed by atoms with Crippen LogP contribution in [0.3, 0.4) is 0 Å². The third-order valence-corrected chi connectivity index (χ3v) is 3.83. The molecule has 0 saturated heterocycles. The topological polar surface area (TPSA) is 38.3 Å². The Morgan fingerprint density at radius 3 is 2.68 bits per heavy atom. The first-order valence-electron chi connectivity index (χ1n) is 7.26. The molecule has 116 valence electrons. The van der Waals surface area contributed by atoms with Crippen LogP contribution in [-0.4, -0.2) is 13.0 Å². The Morgan fingerprint density at radius 2 is 2.00 bits per heavy atom. The quantitative estimate of drug-likeness (QED) is 0.887. The van der Waals surface area contributed by atoms with E-state index in [2.05, 4.69) is 12.2 Å². The second kappa shape index (κ2) is 7.32. The molecule has 0 bridgehead atoms. The molecule has 2 rings (SSSR count). The molecule has 0 aliphatic heterocycles. The highest BCUT2D eigenvalue weighted by Gasteiger charge is 2.12. The third kappa shape index (κ3) is 3.80. The summed E-state index contributed by atoms with van der Waals surface area (Å²) in [5.74, 6) is 0.588. The van der Waals surface area contributed by atoms with Gasteiger partial charge in [-0.25, -0.2) is 0 Å². The van der Waals surface area contributed by atoms with Crippen molar-refractivity contribution in [3.05, 3.63) is 58.1 Å². The van der Waals surface area contributed by atoms with E-state index < -0.39 is 0 Å². The van der Waals surface area contributed by atoms with Crippen LogP contribution in [0.15, 0.2) is 36.4 Å². The van der Waals surface area contributed by atoms with Gasteiger partial charge >= 0.3 is 0 Å². The van der Waals surface area contributed by atoms with Crippen LogP contribution >= 0.6 is 11.6 Å². The molecular formula is C18H20ClNO2. The summed E-state index contributed by atoms with van der Waals surface area (Å²) in [4.78, 5) is 12.4. The van der Waals surface area contributed by atoms with Crippen molar-refractivity contribution in [1.29, 1.82) is 0 Å². The lowest BCUT2D eigenvalue weighted by Gasteiger charge is -2.14. The Hall–Kier alpha value is -2.00. The van der Waals surface area contributed by atoms with Crippen molar-refractivity contribution in [2.75, 3.05) is 12.4 Å². The lowest BCUT2D eigenvalue weighted by Crippen LogP contribution is -2.17. The number of carbonyl (C=O) groups is 1. The maximum atomic E-state index is 12.4. The van der Waals surface area contributed by atoms with Gasteiger partial charge in [0.15, 0.2) is 0 Å². The number of hydrogen-bond acceptors (Lipinski definition) is 2. The van der Waals surface area contributed by atoms with E-state index in [0.717, 1.165) is 28.8 Å². The Morgan fingerprint density at radius 1 is 1.23 bits per heavy atom. The lowest BCUT2D eigenvalue weighted by molar-refractivity contribution is -0.115. The smallest absolute Gasteiger partial charge is 0.228 e. The molecule has 0 aromatic heterocycles. The van der Waals surface area contributed by atoms with E-state index in [1.807, 2.05) is 25.1 Å². The molecule has 2 aromatic rings. The molecule has 0 heterocycles. The normalized spacial score (nSPS) is 10.4. The first-order chi connectivity index (χ1) is 10.5. The van der Waals surface area contributed by atoms with Gasteiger partial charge in [-0.2, -0.15) is 0 Å². The van der Waals surface area contributed by atoms with Crippen LogP contribution in [0.4, 0.5) is 5.69 Å². The molecule has 0 unspecified atom stereocenters. The monoisotopic (exact) mass is 317 g/mol. The minimum absolute atomic E-state index is 0.0791. The number of aryl methyl sites for hydroxylation is 2. The van der Waals surface area contributed by atoms with E-state index in [1.165, 1.54) is 0 Å². The number of anilines is 1. The van der Waals surface area contributed by atoms with Gasteiger partial charge in [-0.05, 0) is 42.7 Å². The minimum Gasteiger partial charge on any atom is -0.496 e. The zero-order valence-electron chi connectivity index (χ0n) is 13.1. The minimum atomic E-state index is -0.0791. The van der Waals surface area contributed by atoms with Crippen molar-refractivity contribution in [2.24, 2.45) is 0 Å². The number of rotatable bonds is 5. The van der Waals surface area contributed by atoms with Crippen molar-refractivity contribution in [1.82, 2.24) is 0 Å². The summed E-state index contributed by atoms with van der Waals surface area (Å²) in [7, 11) is 1.58. The lowest BCUT2D eigenvalue weighted by atomic mass is 10.0. The van der Waals surface area contributed by atoms with Gasteiger partial charge in [-0.3, -0.25) is 4.79 Å². The molecule has 22 heavy (non-hydrogen) atoms. The molecule has 0 radical (unpaired) electrons. The van der Waals surface area contributed by atoms with E-state index in [4.69, 9.17) is 16.3 Å². The van der Waals surface area contributed by atoms with Crippen LogP contribution in [0, 0.1) is 6.92 Å². The number of nitrogens with one attached hydrogen (secondary N) is 1. The fourth-order valence-electron chi connectivity index (χ4n) is 2.44. The van der Waals surface area contributed by atoms with Gasteiger partial charge < -0.3 is 10.1 Å². The van der Waals surface area contributed by atoms with Gasteiger partial charge in [0.25, 0.3) is 0 Å². The first kappa shape index (κ1) is 16.4. The first-order valence-corrected chi connectivity index (χ1v) is 7.63. The maximum absolute atomic E-state index is 12.4. The molecule has 0 fully saturated rings. The molecule has 3 nitrogen and oxygen atoms in total. The number of benzene rings is 2. The Bertz CT molecular complexity index is 683. The number of amides is 1.